The van der Waals surface area contributed by atoms with E-state index in [0.29, 0.717) is 18.9 Å². The second-order valence-electron chi connectivity index (χ2n) is 5.00. The Kier molecular flexibility index (Phi) is 3.89. The van der Waals surface area contributed by atoms with E-state index in [9.17, 15) is 23.1 Å². The number of amides is 1. The minimum absolute atomic E-state index is 0.106. The van der Waals surface area contributed by atoms with Gasteiger partial charge in [-0.15, -0.1) is 0 Å². The van der Waals surface area contributed by atoms with Crippen molar-refractivity contribution in [2.75, 3.05) is 6.54 Å². The first-order valence-corrected chi connectivity index (χ1v) is 6.21. The first-order chi connectivity index (χ1) is 9.34. The van der Waals surface area contributed by atoms with Crippen LogP contribution in [-0.2, 0) is 0 Å². The molecule has 0 aromatic heterocycles. The van der Waals surface area contributed by atoms with Gasteiger partial charge < -0.3 is 15.5 Å². The van der Waals surface area contributed by atoms with Gasteiger partial charge in [-0.2, -0.15) is 4.39 Å². The van der Waals surface area contributed by atoms with Crippen LogP contribution in [0.1, 0.15) is 36.0 Å². The minimum Gasteiger partial charge on any atom is -0.503 e. The topological polar surface area (TPSA) is 69.6 Å². The molecule has 0 radical (unpaired) electrons. The van der Waals surface area contributed by atoms with E-state index in [1.807, 2.05) is 0 Å². The lowest BCUT2D eigenvalue weighted by atomic mass is 10.0. The monoisotopic (exact) mass is 289 g/mol. The Morgan fingerprint density at radius 1 is 1.25 bits per heavy atom. The Morgan fingerprint density at radius 3 is 2.45 bits per heavy atom. The molecule has 3 N–H and O–H groups in total. The van der Waals surface area contributed by atoms with Crippen molar-refractivity contribution in [2.24, 2.45) is 0 Å². The van der Waals surface area contributed by atoms with Gasteiger partial charge >= 0.3 is 0 Å². The number of phenolic OH excluding ortho intramolecular Hbond substituents is 1. The highest BCUT2D eigenvalue weighted by Crippen LogP contribution is 2.29. The number of aromatic hydroxyl groups is 1. The van der Waals surface area contributed by atoms with Crippen molar-refractivity contribution in [3.05, 3.63) is 29.1 Å². The summed E-state index contributed by atoms with van der Waals surface area (Å²) in [5.41, 5.74) is -1.85. The van der Waals surface area contributed by atoms with Crippen LogP contribution in [0.4, 0.5) is 13.2 Å². The quantitative estimate of drug-likeness (QED) is 0.744. The second-order valence-corrected chi connectivity index (χ2v) is 5.00. The zero-order valence-electron chi connectivity index (χ0n) is 10.5. The SMILES string of the molecule is O=C(NCC1(O)CCCC1)c1cc(F)c(F)c(O)c1F. The summed E-state index contributed by atoms with van der Waals surface area (Å²) in [5, 5.41) is 21.3. The largest absolute Gasteiger partial charge is 0.503 e. The van der Waals surface area contributed by atoms with Gasteiger partial charge in [0.05, 0.1) is 11.2 Å². The number of hydrogen-bond acceptors (Lipinski definition) is 3. The molecule has 0 aliphatic heterocycles. The highest BCUT2D eigenvalue weighted by Gasteiger charge is 2.32. The van der Waals surface area contributed by atoms with Crippen molar-refractivity contribution in [3.63, 3.8) is 0 Å². The molecule has 0 bridgehead atoms. The summed E-state index contributed by atoms with van der Waals surface area (Å²) in [6.07, 6.45) is 2.68. The molecule has 1 aromatic carbocycles. The van der Waals surface area contributed by atoms with Gasteiger partial charge in [0.15, 0.2) is 17.4 Å². The third kappa shape index (κ3) is 2.72. The summed E-state index contributed by atoms with van der Waals surface area (Å²) >= 11 is 0. The lowest BCUT2D eigenvalue weighted by molar-refractivity contribution is 0.0448. The highest BCUT2D eigenvalue weighted by atomic mass is 19.2. The molecule has 20 heavy (non-hydrogen) atoms. The van der Waals surface area contributed by atoms with Crippen molar-refractivity contribution < 1.29 is 28.2 Å². The van der Waals surface area contributed by atoms with E-state index >= 15 is 0 Å². The maximum absolute atomic E-state index is 13.5. The third-order valence-electron chi connectivity index (χ3n) is 3.49. The number of aliphatic hydroxyl groups is 1. The number of hydrogen-bond donors (Lipinski definition) is 3. The van der Waals surface area contributed by atoms with E-state index < -0.39 is 40.3 Å². The predicted molar refractivity (Wildman–Crippen MR) is 63.7 cm³/mol. The Labute approximate surface area is 113 Å². The van der Waals surface area contributed by atoms with Crippen LogP contribution >= 0.6 is 0 Å². The first kappa shape index (κ1) is 14.6. The Morgan fingerprint density at radius 2 is 1.85 bits per heavy atom. The molecule has 2 rings (SSSR count). The first-order valence-electron chi connectivity index (χ1n) is 6.21. The van der Waals surface area contributed by atoms with Crippen LogP contribution < -0.4 is 5.32 Å². The molecule has 0 spiro atoms. The molecule has 1 aliphatic rings. The van der Waals surface area contributed by atoms with Gasteiger partial charge in [0.2, 0.25) is 5.82 Å². The van der Waals surface area contributed by atoms with Crippen LogP contribution in [0.2, 0.25) is 0 Å². The van der Waals surface area contributed by atoms with E-state index in [2.05, 4.69) is 5.32 Å². The maximum Gasteiger partial charge on any atom is 0.254 e. The molecular formula is C13H14F3NO3. The number of carbonyl (C=O) groups is 1. The molecule has 1 saturated carbocycles. The normalized spacial score (nSPS) is 17.2. The lowest BCUT2D eigenvalue weighted by Crippen LogP contribution is -2.41. The molecule has 0 saturated heterocycles. The molecule has 0 atom stereocenters. The summed E-state index contributed by atoms with van der Waals surface area (Å²) in [4.78, 5) is 11.7. The average molecular weight is 289 g/mol. The van der Waals surface area contributed by atoms with Crippen LogP contribution in [0.15, 0.2) is 6.07 Å². The molecule has 1 aliphatic carbocycles. The summed E-state index contributed by atoms with van der Waals surface area (Å²) < 4.78 is 39.5. The summed E-state index contributed by atoms with van der Waals surface area (Å²) in [5.74, 6) is -7.34. The van der Waals surface area contributed by atoms with Gasteiger partial charge in [0.25, 0.3) is 5.91 Å². The van der Waals surface area contributed by atoms with Gasteiger partial charge in [0, 0.05) is 6.54 Å². The van der Waals surface area contributed by atoms with Crippen molar-refractivity contribution in [3.8, 4) is 5.75 Å². The summed E-state index contributed by atoms with van der Waals surface area (Å²) in [6, 6.07) is 0.373. The van der Waals surface area contributed by atoms with Crippen molar-refractivity contribution >= 4 is 5.91 Å². The summed E-state index contributed by atoms with van der Waals surface area (Å²) in [7, 11) is 0. The molecule has 1 aromatic rings. The van der Waals surface area contributed by atoms with Crippen LogP contribution in [0, 0.1) is 17.5 Å². The van der Waals surface area contributed by atoms with Crippen molar-refractivity contribution in [1.29, 1.82) is 0 Å². The smallest absolute Gasteiger partial charge is 0.254 e. The molecule has 1 amide bonds. The number of nitrogens with one attached hydrogen (secondary N) is 1. The zero-order chi connectivity index (χ0) is 14.9. The molecule has 4 nitrogen and oxygen atoms in total. The fourth-order valence-corrected chi connectivity index (χ4v) is 2.31. The van der Waals surface area contributed by atoms with Crippen LogP contribution in [-0.4, -0.2) is 28.3 Å². The predicted octanol–water partition coefficient (Wildman–Crippen LogP) is 1.84. The molecule has 0 unspecified atom stereocenters. The fraction of sp³-hybridized carbons (Fsp3) is 0.462. The second kappa shape index (κ2) is 5.32. The zero-order valence-corrected chi connectivity index (χ0v) is 10.5. The molecular weight excluding hydrogens is 275 g/mol. The maximum atomic E-state index is 13.5. The van der Waals surface area contributed by atoms with Crippen LogP contribution in [0.3, 0.4) is 0 Å². The van der Waals surface area contributed by atoms with Crippen molar-refractivity contribution in [1.82, 2.24) is 5.32 Å². The molecule has 7 heteroatoms. The number of phenols is 1. The molecule has 1 fully saturated rings. The molecule has 110 valence electrons. The van der Waals surface area contributed by atoms with Crippen molar-refractivity contribution in [2.45, 2.75) is 31.3 Å². The van der Waals surface area contributed by atoms with Gasteiger partial charge in [-0.3, -0.25) is 4.79 Å². The van der Waals surface area contributed by atoms with E-state index in [1.54, 1.807) is 0 Å². The fourth-order valence-electron chi connectivity index (χ4n) is 2.31. The Balaban J connectivity index is 2.13. The van der Waals surface area contributed by atoms with Gasteiger partial charge in [-0.25, -0.2) is 8.78 Å². The lowest BCUT2D eigenvalue weighted by Gasteiger charge is -2.22. The van der Waals surface area contributed by atoms with E-state index in [1.165, 1.54) is 0 Å². The Bertz CT molecular complexity index is 542. The number of benzene rings is 1. The number of carbonyl (C=O) groups excluding carboxylic acids is 1. The Hall–Kier alpha value is -1.76. The van der Waals surface area contributed by atoms with Gasteiger partial charge in [0.1, 0.15) is 0 Å². The number of rotatable bonds is 3. The average Bonchev–Trinajstić information content (AvgIpc) is 2.85. The standard InChI is InChI=1S/C13H14F3NO3/c14-8-5-7(9(15)11(18)10(8)16)12(19)17-6-13(20)3-1-2-4-13/h5,18,20H,1-4,6H2,(H,17,19). The van der Waals surface area contributed by atoms with Gasteiger partial charge in [-0.1, -0.05) is 12.8 Å². The third-order valence-corrected chi connectivity index (χ3v) is 3.49. The van der Waals surface area contributed by atoms with E-state index in [4.69, 9.17) is 5.11 Å². The summed E-state index contributed by atoms with van der Waals surface area (Å²) in [6.45, 7) is -0.106. The van der Waals surface area contributed by atoms with Crippen LogP contribution in [0.25, 0.3) is 0 Å². The molecule has 0 heterocycles. The van der Waals surface area contributed by atoms with Crippen LogP contribution in [0.5, 0.6) is 5.75 Å². The number of halogens is 3. The van der Waals surface area contributed by atoms with Gasteiger partial charge in [-0.05, 0) is 18.9 Å². The minimum atomic E-state index is -1.74. The van der Waals surface area contributed by atoms with E-state index in [-0.39, 0.29) is 6.54 Å². The highest BCUT2D eigenvalue weighted by molar-refractivity contribution is 5.95. The van der Waals surface area contributed by atoms with E-state index in [0.717, 1.165) is 12.8 Å².